The fourth-order valence-corrected chi connectivity index (χ4v) is 2.74. The Morgan fingerprint density at radius 1 is 1.25 bits per heavy atom. The van der Waals surface area contributed by atoms with E-state index in [1.165, 1.54) is 0 Å². The van der Waals surface area contributed by atoms with Crippen molar-refractivity contribution < 1.29 is 9.63 Å². The van der Waals surface area contributed by atoms with Gasteiger partial charge >= 0.3 is 0 Å². The number of hydrogen-bond donors (Lipinski definition) is 0. The highest BCUT2D eigenvalue weighted by Crippen LogP contribution is 2.37. The number of Topliss-reactive ketones (excluding diaryl/α,β-unsaturated/α-hetero) is 1. The number of rotatable bonds is 0. The van der Waals surface area contributed by atoms with E-state index in [9.17, 15) is 4.79 Å². The lowest BCUT2D eigenvalue weighted by Gasteiger charge is -2.29. The Balaban J connectivity index is 1.68. The third-order valence-corrected chi connectivity index (χ3v) is 3.97. The molecule has 1 saturated carbocycles. The van der Waals surface area contributed by atoms with E-state index in [0.29, 0.717) is 30.1 Å². The second kappa shape index (κ2) is 5.30. The Morgan fingerprint density at radius 3 is 2.80 bits per heavy atom. The van der Waals surface area contributed by atoms with Crippen LogP contribution in [0.4, 0.5) is 0 Å². The van der Waals surface area contributed by atoms with E-state index in [-0.39, 0.29) is 5.60 Å². The lowest BCUT2D eigenvalue weighted by molar-refractivity contribution is -0.127. The average Bonchev–Trinajstić information content (AvgIpc) is 2.84. The molecule has 4 heteroatoms. The summed E-state index contributed by atoms with van der Waals surface area (Å²) in [7, 11) is 0. The molecule has 1 aromatic rings. The second-order valence-corrected chi connectivity index (χ2v) is 5.72. The predicted molar refractivity (Wildman–Crippen MR) is 77.7 cm³/mol. The highest BCUT2D eigenvalue weighted by molar-refractivity contribution is 6.30. The minimum absolute atomic E-state index is 0.285. The van der Waals surface area contributed by atoms with Gasteiger partial charge in [-0.05, 0) is 37.0 Å². The summed E-state index contributed by atoms with van der Waals surface area (Å²) in [5.74, 6) is 6.40. The highest BCUT2D eigenvalue weighted by atomic mass is 35.5. The number of nitrogens with zero attached hydrogens (tertiary/aromatic N) is 1. The molecular formula is C16H14ClNO2. The molecule has 0 radical (unpaired) electrons. The molecule has 1 aromatic carbocycles. The monoisotopic (exact) mass is 287 g/mol. The van der Waals surface area contributed by atoms with Gasteiger partial charge in [-0.25, -0.2) is 0 Å². The first-order valence-corrected chi connectivity index (χ1v) is 7.07. The molecule has 102 valence electrons. The summed E-state index contributed by atoms with van der Waals surface area (Å²) in [4.78, 5) is 16.9. The molecule has 0 saturated heterocycles. The summed E-state index contributed by atoms with van der Waals surface area (Å²) in [5.41, 5.74) is 1.32. The van der Waals surface area contributed by atoms with Gasteiger partial charge in [-0.15, -0.1) is 0 Å². The SMILES string of the molecule is O=C1CCC2(CC1)CC(C#Cc1cccc(Cl)c1)=NO2. The van der Waals surface area contributed by atoms with Crippen LogP contribution in [-0.2, 0) is 9.63 Å². The van der Waals surface area contributed by atoms with Crippen LogP contribution in [0.25, 0.3) is 0 Å². The van der Waals surface area contributed by atoms with Crippen molar-refractivity contribution in [2.24, 2.45) is 5.16 Å². The first-order chi connectivity index (χ1) is 9.65. The summed E-state index contributed by atoms with van der Waals surface area (Å²) in [5, 5.41) is 4.74. The summed E-state index contributed by atoms with van der Waals surface area (Å²) in [6, 6.07) is 7.41. The van der Waals surface area contributed by atoms with E-state index in [1.54, 1.807) is 0 Å². The first kappa shape index (κ1) is 13.2. The molecule has 1 aliphatic carbocycles. The number of oxime groups is 1. The molecule has 0 amide bonds. The van der Waals surface area contributed by atoms with Gasteiger partial charge in [-0.2, -0.15) is 0 Å². The van der Waals surface area contributed by atoms with Crippen LogP contribution in [-0.4, -0.2) is 17.1 Å². The molecule has 0 atom stereocenters. The number of halogens is 1. The summed E-state index contributed by atoms with van der Waals surface area (Å²) < 4.78 is 0. The van der Waals surface area contributed by atoms with E-state index >= 15 is 0 Å². The Labute approximate surface area is 122 Å². The third kappa shape index (κ3) is 2.86. The standard InChI is InChI=1S/C16H14ClNO2/c17-13-3-1-2-12(10-13)4-5-14-11-16(20-18-14)8-6-15(19)7-9-16/h1-3,10H,6-9,11H2. The van der Waals surface area contributed by atoms with Crippen LogP contribution in [0.15, 0.2) is 29.4 Å². The number of ketones is 1. The second-order valence-electron chi connectivity index (χ2n) is 5.29. The quantitative estimate of drug-likeness (QED) is 0.686. The van der Waals surface area contributed by atoms with Gasteiger partial charge in [0, 0.05) is 29.8 Å². The van der Waals surface area contributed by atoms with Crippen LogP contribution in [0.5, 0.6) is 0 Å². The lowest BCUT2D eigenvalue weighted by atomic mass is 9.81. The van der Waals surface area contributed by atoms with Crippen LogP contribution in [0.2, 0.25) is 5.02 Å². The van der Waals surface area contributed by atoms with Crippen molar-refractivity contribution in [2.45, 2.75) is 37.7 Å². The summed E-state index contributed by atoms with van der Waals surface area (Å²) >= 11 is 5.92. The molecule has 3 rings (SSSR count). The zero-order valence-corrected chi connectivity index (χ0v) is 11.7. The van der Waals surface area contributed by atoms with Gasteiger partial charge in [0.1, 0.15) is 17.1 Å². The van der Waals surface area contributed by atoms with Crippen LogP contribution < -0.4 is 0 Å². The Morgan fingerprint density at radius 2 is 2.05 bits per heavy atom. The smallest absolute Gasteiger partial charge is 0.144 e. The Bertz CT molecular complexity index is 629. The van der Waals surface area contributed by atoms with Gasteiger partial charge in [0.2, 0.25) is 0 Å². The molecule has 0 N–H and O–H groups in total. The van der Waals surface area contributed by atoms with Crippen LogP contribution in [0.1, 0.15) is 37.7 Å². The number of benzene rings is 1. The van der Waals surface area contributed by atoms with Crippen LogP contribution in [0.3, 0.4) is 0 Å². The largest absolute Gasteiger partial charge is 0.388 e. The molecule has 0 aromatic heterocycles. The van der Waals surface area contributed by atoms with Crippen molar-refractivity contribution in [1.29, 1.82) is 0 Å². The third-order valence-electron chi connectivity index (χ3n) is 3.73. The van der Waals surface area contributed by atoms with Gasteiger partial charge in [0.15, 0.2) is 0 Å². The van der Waals surface area contributed by atoms with E-state index in [2.05, 4.69) is 17.0 Å². The summed E-state index contributed by atoms with van der Waals surface area (Å²) in [6.07, 6.45) is 3.37. The van der Waals surface area contributed by atoms with Crippen molar-refractivity contribution in [3.05, 3.63) is 34.9 Å². The average molecular weight is 288 g/mol. The van der Waals surface area contributed by atoms with Crippen molar-refractivity contribution in [3.8, 4) is 11.8 Å². The van der Waals surface area contributed by atoms with Crippen molar-refractivity contribution in [3.63, 3.8) is 0 Å². The Kier molecular flexibility index (Phi) is 3.50. The minimum Gasteiger partial charge on any atom is -0.388 e. The molecule has 3 nitrogen and oxygen atoms in total. The zero-order valence-electron chi connectivity index (χ0n) is 11.0. The lowest BCUT2D eigenvalue weighted by Crippen LogP contribution is -2.34. The molecule has 1 aliphatic heterocycles. The molecule has 2 aliphatic rings. The molecule has 0 unspecified atom stereocenters. The maximum atomic E-state index is 11.3. The predicted octanol–water partition coefficient (Wildman–Crippen LogP) is 3.35. The van der Waals surface area contributed by atoms with Gasteiger partial charge in [-0.3, -0.25) is 4.79 Å². The van der Waals surface area contributed by atoms with Gasteiger partial charge < -0.3 is 4.84 Å². The first-order valence-electron chi connectivity index (χ1n) is 6.70. The normalized spacial score (nSPS) is 20.1. The molecule has 1 heterocycles. The maximum absolute atomic E-state index is 11.3. The molecule has 1 spiro atoms. The minimum atomic E-state index is -0.285. The van der Waals surface area contributed by atoms with E-state index < -0.39 is 0 Å². The van der Waals surface area contributed by atoms with Crippen LogP contribution in [0, 0.1) is 11.8 Å². The molecule has 20 heavy (non-hydrogen) atoms. The molecule has 1 fully saturated rings. The summed E-state index contributed by atoms with van der Waals surface area (Å²) in [6.45, 7) is 0. The molecule has 0 bridgehead atoms. The number of hydrogen-bond acceptors (Lipinski definition) is 3. The fourth-order valence-electron chi connectivity index (χ4n) is 2.55. The zero-order chi connectivity index (χ0) is 14.0. The van der Waals surface area contributed by atoms with E-state index in [1.807, 2.05) is 24.3 Å². The van der Waals surface area contributed by atoms with Gasteiger partial charge in [0.25, 0.3) is 0 Å². The van der Waals surface area contributed by atoms with Crippen molar-refractivity contribution in [2.75, 3.05) is 0 Å². The van der Waals surface area contributed by atoms with Gasteiger partial charge in [0.05, 0.1) is 0 Å². The fraction of sp³-hybridized carbons (Fsp3) is 0.375. The van der Waals surface area contributed by atoms with E-state index in [0.717, 1.165) is 24.1 Å². The van der Waals surface area contributed by atoms with E-state index in [4.69, 9.17) is 16.4 Å². The molecular weight excluding hydrogens is 274 g/mol. The number of carbonyl (C=O) groups is 1. The van der Waals surface area contributed by atoms with Gasteiger partial charge in [-0.1, -0.05) is 28.7 Å². The maximum Gasteiger partial charge on any atom is 0.144 e. The number of carbonyl (C=O) groups excluding carboxylic acids is 1. The van der Waals surface area contributed by atoms with Crippen molar-refractivity contribution in [1.82, 2.24) is 0 Å². The Hall–Kier alpha value is -1.79. The van der Waals surface area contributed by atoms with Crippen molar-refractivity contribution >= 4 is 23.1 Å². The topological polar surface area (TPSA) is 38.7 Å². The highest BCUT2D eigenvalue weighted by Gasteiger charge is 2.41. The van der Waals surface area contributed by atoms with Crippen LogP contribution >= 0.6 is 11.6 Å².